The second-order valence-electron chi connectivity index (χ2n) is 4.18. The fourth-order valence-corrected chi connectivity index (χ4v) is 1.83. The molecular formula is C13H17FN4. The first-order chi connectivity index (χ1) is 8.72. The zero-order chi connectivity index (χ0) is 13.0. The average molecular weight is 248 g/mol. The molecule has 5 heteroatoms. The first-order valence-electron chi connectivity index (χ1n) is 6.04. The Kier molecular flexibility index (Phi) is 4.04. The minimum absolute atomic E-state index is 0.106. The Morgan fingerprint density at radius 2 is 2.22 bits per heavy atom. The summed E-state index contributed by atoms with van der Waals surface area (Å²) in [6.45, 7) is 2.96. The molecule has 0 aliphatic heterocycles. The standard InChI is InChI=1S/C13H17FN4/c1-3-6-15-12(13-16-7-8-18(13)2)11-5-4-10(14)9-17-11/h4-5,7-9,12,15H,3,6H2,1-2H3. The van der Waals surface area contributed by atoms with Crippen LogP contribution in [0.2, 0.25) is 0 Å². The highest BCUT2D eigenvalue weighted by atomic mass is 19.1. The maximum absolute atomic E-state index is 12.9. The summed E-state index contributed by atoms with van der Waals surface area (Å²) >= 11 is 0. The summed E-state index contributed by atoms with van der Waals surface area (Å²) in [6, 6.07) is 3.01. The van der Waals surface area contributed by atoms with Crippen LogP contribution in [-0.4, -0.2) is 21.1 Å². The molecule has 0 amide bonds. The summed E-state index contributed by atoms with van der Waals surface area (Å²) in [4.78, 5) is 8.47. The Labute approximate surface area is 106 Å². The van der Waals surface area contributed by atoms with E-state index in [2.05, 4.69) is 22.2 Å². The van der Waals surface area contributed by atoms with E-state index in [9.17, 15) is 4.39 Å². The van der Waals surface area contributed by atoms with Crippen molar-refractivity contribution in [3.63, 3.8) is 0 Å². The summed E-state index contributed by atoms with van der Waals surface area (Å²) in [5.41, 5.74) is 0.777. The number of aryl methyl sites for hydroxylation is 1. The fraction of sp³-hybridized carbons (Fsp3) is 0.385. The third kappa shape index (κ3) is 2.73. The van der Waals surface area contributed by atoms with Gasteiger partial charge in [0, 0.05) is 19.4 Å². The van der Waals surface area contributed by atoms with Crippen LogP contribution < -0.4 is 5.32 Å². The van der Waals surface area contributed by atoms with E-state index in [4.69, 9.17) is 0 Å². The molecule has 2 aromatic heterocycles. The Morgan fingerprint density at radius 3 is 2.78 bits per heavy atom. The van der Waals surface area contributed by atoms with Gasteiger partial charge in [-0.05, 0) is 25.1 Å². The van der Waals surface area contributed by atoms with Crippen molar-refractivity contribution in [3.8, 4) is 0 Å². The molecule has 2 aromatic rings. The van der Waals surface area contributed by atoms with Crippen molar-refractivity contribution in [1.29, 1.82) is 0 Å². The Balaban J connectivity index is 2.30. The molecule has 18 heavy (non-hydrogen) atoms. The molecule has 4 nitrogen and oxygen atoms in total. The molecule has 1 atom stereocenters. The number of halogens is 1. The Bertz CT molecular complexity index is 492. The van der Waals surface area contributed by atoms with Gasteiger partial charge in [0.25, 0.3) is 0 Å². The predicted octanol–water partition coefficient (Wildman–Crippen LogP) is 2.04. The Morgan fingerprint density at radius 1 is 1.39 bits per heavy atom. The lowest BCUT2D eigenvalue weighted by molar-refractivity contribution is 0.540. The van der Waals surface area contributed by atoms with Gasteiger partial charge in [-0.1, -0.05) is 6.92 Å². The molecule has 2 heterocycles. The number of aromatic nitrogens is 3. The molecule has 0 aliphatic carbocycles. The van der Waals surface area contributed by atoms with Gasteiger partial charge in [-0.2, -0.15) is 0 Å². The molecular weight excluding hydrogens is 231 g/mol. The molecule has 0 radical (unpaired) electrons. The van der Waals surface area contributed by atoms with E-state index in [0.29, 0.717) is 0 Å². The number of nitrogens with zero attached hydrogens (tertiary/aromatic N) is 3. The SMILES string of the molecule is CCCNC(c1ccc(F)cn1)c1nccn1C. The molecule has 0 fully saturated rings. The van der Waals surface area contributed by atoms with Crippen LogP contribution in [0.5, 0.6) is 0 Å². The van der Waals surface area contributed by atoms with Gasteiger partial charge in [-0.3, -0.25) is 4.98 Å². The van der Waals surface area contributed by atoms with Crippen LogP contribution in [-0.2, 0) is 7.05 Å². The van der Waals surface area contributed by atoms with Crippen molar-refractivity contribution in [1.82, 2.24) is 19.9 Å². The first kappa shape index (κ1) is 12.7. The van der Waals surface area contributed by atoms with E-state index in [1.165, 1.54) is 12.3 Å². The van der Waals surface area contributed by atoms with Crippen molar-refractivity contribution < 1.29 is 4.39 Å². The number of imidazole rings is 1. The van der Waals surface area contributed by atoms with Crippen LogP contribution in [0.25, 0.3) is 0 Å². The van der Waals surface area contributed by atoms with Crippen molar-refractivity contribution in [2.75, 3.05) is 6.54 Å². The number of pyridine rings is 1. The van der Waals surface area contributed by atoms with Crippen LogP contribution in [0.4, 0.5) is 4.39 Å². The van der Waals surface area contributed by atoms with E-state index in [0.717, 1.165) is 24.5 Å². The lowest BCUT2D eigenvalue weighted by atomic mass is 10.1. The van der Waals surface area contributed by atoms with E-state index >= 15 is 0 Å². The van der Waals surface area contributed by atoms with Crippen molar-refractivity contribution in [2.45, 2.75) is 19.4 Å². The molecule has 0 aliphatic rings. The molecule has 0 aromatic carbocycles. The number of rotatable bonds is 5. The van der Waals surface area contributed by atoms with Gasteiger partial charge in [-0.15, -0.1) is 0 Å². The van der Waals surface area contributed by atoms with E-state index < -0.39 is 0 Å². The van der Waals surface area contributed by atoms with Gasteiger partial charge in [0.2, 0.25) is 0 Å². The second-order valence-corrected chi connectivity index (χ2v) is 4.18. The number of hydrogen-bond acceptors (Lipinski definition) is 3. The van der Waals surface area contributed by atoms with Gasteiger partial charge in [0.15, 0.2) is 0 Å². The molecule has 0 saturated carbocycles. The van der Waals surface area contributed by atoms with Crippen LogP contribution in [0, 0.1) is 5.82 Å². The molecule has 0 spiro atoms. The van der Waals surface area contributed by atoms with Crippen molar-refractivity contribution in [2.24, 2.45) is 7.05 Å². The molecule has 0 saturated heterocycles. The van der Waals surface area contributed by atoms with Gasteiger partial charge in [0.05, 0.1) is 11.9 Å². The highest BCUT2D eigenvalue weighted by Gasteiger charge is 2.18. The summed E-state index contributed by atoms with van der Waals surface area (Å²) in [7, 11) is 1.94. The van der Waals surface area contributed by atoms with Gasteiger partial charge in [0.1, 0.15) is 17.7 Å². The van der Waals surface area contributed by atoms with Gasteiger partial charge >= 0.3 is 0 Å². The topological polar surface area (TPSA) is 42.7 Å². The van der Waals surface area contributed by atoms with Crippen molar-refractivity contribution >= 4 is 0 Å². The Hall–Kier alpha value is -1.75. The number of hydrogen-bond donors (Lipinski definition) is 1. The third-order valence-electron chi connectivity index (χ3n) is 2.76. The minimum Gasteiger partial charge on any atom is -0.336 e. The maximum Gasteiger partial charge on any atom is 0.141 e. The van der Waals surface area contributed by atoms with E-state index in [1.807, 2.05) is 17.8 Å². The molecule has 96 valence electrons. The molecule has 1 N–H and O–H groups in total. The second kappa shape index (κ2) is 5.73. The highest BCUT2D eigenvalue weighted by Crippen LogP contribution is 2.18. The lowest BCUT2D eigenvalue weighted by Crippen LogP contribution is -2.26. The first-order valence-corrected chi connectivity index (χ1v) is 6.04. The summed E-state index contributed by atoms with van der Waals surface area (Å²) in [5, 5.41) is 3.38. The molecule has 2 rings (SSSR count). The lowest BCUT2D eigenvalue weighted by Gasteiger charge is -2.17. The van der Waals surface area contributed by atoms with Gasteiger partial charge in [-0.25, -0.2) is 9.37 Å². The van der Waals surface area contributed by atoms with Crippen LogP contribution >= 0.6 is 0 Å². The monoisotopic (exact) mass is 248 g/mol. The van der Waals surface area contributed by atoms with Gasteiger partial charge < -0.3 is 9.88 Å². The van der Waals surface area contributed by atoms with E-state index in [1.54, 1.807) is 12.3 Å². The number of nitrogens with one attached hydrogen (secondary N) is 1. The van der Waals surface area contributed by atoms with Crippen LogP contribution in [0.1, 0.15) is 30.9 Å². The summed E-state index contributed by atoms with van der Waals surface area (Å²) in [6.07, 6.45) is 5.89. The van der Waals surface area contributed by atoms with Crippen LogP contribution in [0.15, 0.2) is 30.7 Å². The van der Waals surface area contributed by atoms with Crippen molar-refractivity contribution in [3.05, 3.63) is 48.1 Å². The van der Waals surface area contributed by atoms with Crippen LogP contribution in [0.3, 0.4) is 0 Å². The molecule has 0 bridgehead atoms. The maximum atomic E-state index is 12.9. The zero-order valence-electron chi connectivity index (χ0n) is 10.6. The smallest absolute Gasteiger partial charge is 0.141 e. The molecule has 1 unspecified atom stereocenters. The average Bonchev–Trinajstić information content (AvgIpc) is 2.78. The highest BCUT2D eigenvalue weighted by molar-refractivity contribution is 5.18. The summed E-state index contributed by atoms with van der Waals surface area (Å²) in [5.74, 6) is 0.551. The fourth-order valence-electron chi connectivity index (χ4n) is 1.83. The quantitative estimate of drug-likeness (QED) is 0.880. The zero-order valence-corrected chi connectivity index (χ0v) is 10.6. The summed E-state index contributed by atoms with van der Waals surface area (Å²) < 4.78 is 14.9. The predicted molar refractivity (Wildman–Crippen MR) is 67.5 cm³/mol. The van der Waals surface area contributed by atoms with E-state index in [-0.39, 0.29) is 11.9 Å². The minimum atomic E-state index is -0.326. The normalized spacial score (nSPS) is 12.6. The largest absolute Gasteiger partial charge is 0.336 e. The third-order valence-corrected chi connectivity index (χ3v) is 2.76.